The van der Waals surface area contributed by atoms with E-state index in [-0.39, 0.29) is 5.92 Å². The molecule has 1 heterocycles. The third-order valence-electron chi connectivity index (χ3n) is 3.50. The Kier molecular flexibility index (Phi) is 3.30. The molecule has 4 nitrogen and oxygen atoms in total. The topological polar surface area (TPSA) is 55.8 Å². The summed E-state index contributed by atoms with van der Waals surface area (Å²) >= 11 is 0. The highest BCUT2D eigenvalue weighted by Gasteiger charge is 2.44. The van der Waals surface area contributed by atoms with Crippen LogP contribution in [0.2, 0.25) is 0 Å². The van der Waals surface area contributed by atoms with E-state index in [1.165, 1.54) is 7.11 Å². The molecule has 0 fully saturated rings. The van der Waals surface area contributed by atoms with E-state index in [1.54, 1.807) is 0 Å². The van der Waals surface area contributed by atoms with Gasteiger partial charge in [-0.1, -0.05) is 18.2 Å². The number of fused-ring (bicyclic) bond motifs is 1. The number of carbonyl (C=O) groups excluding carboxylic acids is 1. The Morgan fingerprint density at radius 1 is 1.50 bits per heavy atom. The molecule has 98 valence electrons. The maximum Gasteiger partial charge on any atom is 0.335 e. The van der Waals surface area contributed by atoms with Crippen molar-refractivity contribution in [2.75, 3.05) is 7.11 Å². The first-order chi connectivity index (χ1) is 8.45. The fourth-order valence-electron chi connectivity index (χ4n) is 2.39. The highest BCUT2D eigenvalue weighted by molar-refractivity contribution is 5.75. The minimum atomic E-state index is -1.17. The fourth-order valence-corrected chi connectivity index (χ4v) is 2.39. The van der Waals surface area contributed by atoms with Gasteiger partial charge in [0.2, 0.25) is 0 Å². The Balaban J connectivity index is 2.30. The van der Waals surface area contributed by atoms with Crippen molar-refractivity contribution in [3.63, 3.8) is 0 Å². The predicted molar refractivity (Wildman–Crippen MR) is 66.4 cm³/mol. The molecule has 1 aliphatic rings. The normalized spacial score (nSPS) is 22.6. The van der Waals surface area contributed by atoms with Crippen LogP contribution in [0.5, 0.6) is 5.75 Å². The molecule has 1 N–H and O–H groups in total. The van der Waals surface area contributed by atoms with E-state index >= 15 is 0 Å². The van der Waals surface area contributed by atoms with E-state index in [0.29, 0.717) is 6.42 Å². The number of methoxy groups -OCH3 is 1. The maximum absolute atomic E-state index is 11.5. The van der Waals surface area contributed by atoms with Gasteiger partial charge in [0, 0.05) is 5.92 Å². The summed E-state index contributed by atoms with van der Waals surface area (Å²) in [5, 5.41) is 10.0. The predicted octanol–water partition coefficient (Wildman–Crippen LogP) is 1.55. The number of hydrogen-bond acceptors (Lipinski definition) is 4. The Bertz CT molecular complexity index is 453. The maximum atomic E-state index is 11.5. The first-order valence-electron chi connectivity index (χ1n) is 5.98. The lowest BCUT2D eigenvalue weighted by Gasteiger charge is -2.41. The van der Waals surface area contributed by atoms with Crippen LogP contribution < -0.4 is 4.74 Å². The lowest BCUT2D eigenvalue weighted by molar-refractivity contribution is -0.159. The average molecular weight is 250 g/mol. The van der Waals surface area contributed by atoms with E-state index in [2.05, 4.69) is 4.74 Å². The van der Waals surface area contributed by atoms with Crippen molar-refractivity contribution in [3.8, 4) is 5.75 Å². The smallest absolute Gasteiger partial charge is 0.335 e. The zero-order valence-corrected chi connectivity index (χ0v) is 10.8. The first-order valence-corrected chi connectivity index (χ1v) is 5.98. The average Bonchev–Trinajstić information content (AvgIpc) is 2.35. The number of para-hydroxylation sites is 1. The van der Waals surface area contributed by atoms with Crippen LogP contribution in [0.15, 0.2) is 24.3 Å². The number of aliphatic hydroxyl groups excluding tert-OH is 1. The Labute approximate surface area is 107 Å². The molecule has 0 saturated heterocycles. The molecule has 1 aromatic rings. The van der Waals surface area contributed by atoms with Gasteiger partial charge in [0.25, 0.3) is 0 Å². The molecule has 4 heteroatoms. The third kappa shape index (κ3) is 2.20. The number of ether oxygens (including phenoxy) is 2. The van der Waals surface area contributed by atoms with Crippen LogP contribution in [0.1, 0.15) is 19.4 Å². The molecule has 18 heavy (non-hydrogen) atoms. The monoisotopic (exact) mass is 250 g/mol. The lowest BCUT2D eigenvalue weighted by Crippen LogP contribution is -2.50. The van der Waals surface area contributed by atoms with E-state index in [1.807, 2.05) is 38.1 Å². The Morgan fingerprint density at radius 3 is 2.83 bits per heavy atom. The van der Waals surface area contributed by atoms with Gasteiger partial charge in [0.05, 0.1) is 7.11 Å². The summed E-state index contributed by atoms with van der Waals surface area (Å²) in [5.74, 6) is -0.119. The fraction of sp³-hybridized carbons (Fsp3) is 0.500. The number of esters is 1. The zero-order valence-electron chi connectivity index (χ0n) is 10.8. The van der Waals surface area contributed by atoms with Crippen LogP contribution in [0, 0.1) is 5.92 Å². The molecule has 1 aromatic carbocycles. The first kappa shape index (κ1) is 12.9. The second-order valence-electron chi connectivity index (χ2n) is 5.09. The summed E-state index contributed by atoms with van der Waals surface area (Å²) in [6, 6.07) is 7.67. The van der Waals surface area contributed by atoms with Crippen molar-refractivity contribution >= 4 is 5.97 Å². The van der Waals surface area contributed by atoms with Crippen LogP contribution in [0.3, 0.4) is 0 Å². The van der Waals surface area contributed by atoms with Gasteiger partial charge >= 0.3 is 5.97 Å². The molecule has 2 rings (SSSR count). The standard InChI is InChI=1S/C14H18O4/c1-14(2)10(12(15)13(16)17-3)8-9-6-4-5-7-11(9)18-14/h4-7,10,12,15H,8H2,1-3H3/t10-,12+/m1/s1. The summed E-state index contributed by atoms with van der Waals surface area (Å²) < 4.78 is 10.5. The largest absolute Gasteiger partial charge is 0.487 e. The third-order valence-corrected chi connectivity index (χ3v) is 3.50. The van der Waals surface area contributed by atoms with Crippen LogP contribution >= 0.6 is 0 Å². The highest BCUT2D eigenvalue weighted by Crippen LogP contribution is 2.38. The van der Waals surface area contributed by atoms with E-state index in [4.69, 9.17) is 4.74 Å². The van der Waals surface area contributed by atoms with Crippen molar-refractivity contribution in [3.05, 3.63) is 29.8 Å². The number of rotatable bonds is 2. The molecular weight excluding hydrogens is 232 g/mol. The number of aliphatic hydroxyl groups is 1. The van der Waals surface area contributed by atoms with Crippen LogP contribution in [-0.2, 0) is 16.0 Å². The molecule has 0 saturated carbocycles. The zero-order chi connectivity index (χ0) is 13.3. The molecule has 0 unspecified atom stereocenters. The second kappa shape index (κ2) is 4.61. The molecule has 0 radical (unpaired) electrons. The molecule has 1 aliphatic heterocycles. The molecular formula is C14H18O4. The van der Waals surface area contributed by atoms with Gasteiger partial charge in [0.1, 0.15) is 11.4 Å². The minimum Gasteiger partial charge on any atom is -0.487 e. The Morgan fingerprint density at radius 2 is 2.17 bits per heavy atom. The van der Waals surface area contributed by atoms with Gasteiger partial charge in [-0.2, -0.15) is 0 Å². The van der Waals surface area contributed by atoms with Gasteiger partial charge in [-0.15, -0.1) is 0 Å². The minimum absolute atomic E-state index is 0.320. The molecule has 0 aromatic heterocycles. The summed E-state index contributed by atoms with van der Waals surface area (Å²) in [6.45, 7) is 3.75. The summed E-state index contributed by atoms with van der Waals surface area (Å²) in [7, 11) is 1.27. The molecule has 2 atom stereocenters. The Hall–Kier alpha value is -1.55. The van der Waals surface area contributed by atoms with E-state index in [9.17, 15) is 9.90 Å². The summed E-state index contributed by atoms with van der Waals surface area (Å²) in [5.41, 5.74) is 0.395. The van der Waals surface area contributed by atoms with Crippen LogP contribution in [0.4, 0.5) is 0 Å². The lowest BCUT2D eigenvalue weighted by atomic mass is 9.79. The van der Waals surface area contributed by atoms with Gasteiger partial charge in [-0.25, -0.2) is 4.79 Å². The van der Waals surface area contributed by atoms with Crippen molar-refractivity contribution < 1.29 is 19.4 Å². The van der Waals surface area contributed by atoms with Gasteiger partial charge in [-0.05, 0) is 31.9 Å². The second-order valence-corrected chi connectivity index (χ2v) is 5.09. The molecule has 0 bridgehead atoms. The summed E-state index contributed by atoms with van der Waals surface area (Å²) in [4.78, 5) is 11.5. The highest BCUT2D eigenvalue weighted by atomic mass is 16.5. The van der Waals surface area contributed by atoms with Crippen LogP contribution in [-0.4, -0.2) is 29.9 Å². The van der Waals surface area contributed by atoms with Gasteiger partial charge in [-0.3, -0.25) is 0 Å². The molecule has 0 aliphatic carbocycles. The van der Waals surface area contributed by atoms with Gasteiger partial charge in [0.15, 0.2) is 6.10 Å². The van der Waals surface area contributed by atoms with E-state index < -0.39 is 17.7 Å². The number of hydrogen-bond donors (Lipinski definition) is 1. The van der Waals surface area contributed by atoms with Crippen molar-refractivity contribution in [2.24, 2.45) is 5.92 Å². The SMILES string of the molecule is COC(=O)[C@@H](O)[C@H]1Cc2ccccc2OC1(C)C. The van der Waals surface area contributed by atoms with Gasteiger partial charge < -0.3 is 14.6 Å². The van der Waals surface area contributed by atoms with E-state index in [0.717, 1.165) is 11.3 Å². The van der Waals surface area contributed by atoms with Crippen LogP contribution in [0.25, 0.3) is 0 Å². The number of benzene rings is 1. The molecule has 0 spiro atoms. The van der Waals surface area contributed by atoms with Crippen molar-refractivity contribution in [1.82, 2.24) is 0 Å². The quantitative estimate of drug-likeness (QED) is 0.809. The van der Waals surface area contributed by atoms with Crippen molar-refractivity contribution in [2.45, 2.75) is 32.0 Å². The summed E-state index contributed by atoms with van der Waals surface area (Å²) in [6.07, 6.45) is -0.572. The molecule has 0 amide bonds. The van der Waals surface area contributed by atoms with Crippen molar-refractivity contribution in [1.29, 1.82) is 0 Å². The number of carbonyl (C=O) groups is 1.